The van der Waals surface area contributed by atoms with Crippen molar-refractivity contribution in [3.05, 3.63) is 47.2 Å². The van der Waals surface area contributed by atoms with Gasteiger partial charge in [-0.1, -0.05) is 6.07 Å². The molecule has 0 saturated carbocycles. The van der Waals surface area contributed by atoms with Gasteiger partial charge < -0.3 is 49.6 Å². The highest BCUT2D eigenvalue weighted by Crippen LogP contribution is 2.45. The van der Waals surface area contributed by atoms with Crippen LogP contribution in [0.25, 0.3) is 6.08 Å². The highest BCUT2D eigenvalue weighted by atomic mass is 16.7. The molecule has 1 saturated heterocycles. The smallest absolute Gasteiger partial charge is 0.228 e. The number of aliphatic hydroxyl groups is 3. The second kappa shape index (κ2) is 8.16. The third kappa shape index (κ3) is 3.81. The first-order chi connectivity index (χ1) is 14.8. The van der Waals surface area contributed by atoms with E-state index in [1.807, 2.05) is 0 Å². The minimum atomic E-state index is -1.44. The van der Waals surface area contributed by atoms with Gasteiger partial charge in [-0.3, -0.25) is 0 Å². The van der Waals surface area contributed by atoms with Crippen molar-refractivity contribution in [1.82, 2.24) is 0 Å². The fourth-order valence-corrected chi connectivity index (χ4v) is 3.53. The number of aliphatic hydroxyl groups excluding tert-OH is 3. The largest absolute Gasteiger partial charge is 0.508 e. The Morgan fingerprint density at radius 1 is 1.00 bits per heavy atom. The van der Waals surface area contributed by atoms with Crippen LogP contribution in [0.15, 0.2) is 36.1 Å². The zero-order valence-corrected chi connectivity index (χ0v) is 16.4. The van der Waals surface area contributed by atoms with Crippen molar-refractivity contribution in [2.45, 2.75) is 30.7 Å². The minimum Gasteiger partial charge on any atom is -0.508 e. The summed E-state index contributed by atoms with van der Waals surface area (Å²) in [5.41, 5.74) is 0.711. The molecule has 2 aromatic carbocycles. The number of benzene rings is 2. The third-order valence-electron chi connectivity index (χ3n) is 5.15. The van der Waals surface area contributed by atoms with E-state index in [0.717, 1.165) is 6.07 Å². The Labute approximate surface area is 176 Å². The Bertz CT molecular complexity index is 1000. The molecule has 0 amide bonds. The van der Waals surface area contributed by atoms with Gasteiger partial charge in [0.15, 0.2) is 17.6 Å². The SMILES string of the molecule is COc1cc(C2Oc3cc(O)cc(O)c3C=C2OC2OC(CO)C(O)C2O)ccc1O. The van der Waals surface area contributed by atoms with Gasteiger partial charge in [-0.25, -0.2) is 0 Å². The lowest BCUT2D eigenvalue weighted by atomic mass is 10.0. The molecule has 0 radical (unpaired) electrons. The molecule has 0 spiro atoms. The number of aromatic hydroxyl groups is 3. The molecule has 2 aliphatic rings. The number of hydrogen-bond donors (Lipinski definition) is 6. The number of rotatable bonds is 5. The van der Waals surface area contributed by atoms with E-state index in [4.69, 9.17) is 18.9 Å². The van der Waals surface area contributed by atoms with Gasteiger partial charge >= 0.3 is 0 Å². The van der Waals surface area contributed by atoms with Gasteiger partial charge in [0.25, 0.3) is 0 Å². The van der Waals surface area contributed by atoms with Gasteiger partial charge in [-0.15, -0.1) is 0 Å². The standard InChI is InChI=1S/C21H22O10/c1-28-15-4-9(2-3-12(15)24)20-16(30-21-19(27)18(26)17(8-22)31-21)7-11-13(25)5-10(23)6-14(11)29-20/h2-7,17-27H,8H2,1H3. The summed E-state index contributed by atoms with van der Waals surface area (Å²) in [5, 5.41) is 59.5. The first-order valence-electron chi connectivity index (χ1n) is 9.42. The predicted molar refractivity (Wildman–Crippen MR) is 105 cm³/mol. The summed E-state index contributed by atoms with van der Waals surface area (Å²) in [7, 11) is 1.39. The molecule has 10 heteroatoms. The Balaban J connectivity index is 1.74. The number of hydrogen-bond acceptors (Lipinski definition) is 10. The van der Waals surface area contributed by atoms with Crippen LogP contribution in [-0.4, -0.2) is 69.0 Å². The van der Waals surface area contributed by atoms with Crippen molar-refractivity contribution >= 4 is 6.08 Å². The van der Waals surface area contributed by atoms with Crippen LogP contribution in [0.5, 0.6) is 28.7 Å². The van der Waals surface area contributed by atoms with Crippen LogP contribution in [0, 0.1) is 0 Å². The van der Waals surface area contributed by atoms with E-state index in [-0.39, 0.29) is 40.1 Å². The van der Waals surface area contributed by atoms with Gasteiger partial charge in [-0.2, -0.15) is 0 Å². The summed E-state index contributed by atoms with van der Waals surface area (Å²) < 4.78 is 22.3. The fraction of sp³-hybridized carbons (Fsp3) is 0.333. The van der Waals surface area contributed by atoms with Crippen molar-refractivity contribution in [2.75, 3.05) is 13.7 Å². The van der Waals surface area contributed by atoms with Crippen LogP contribution in [0.4, 0.5) is 0 Å². The zero-order valence-electron chi connectivity index (χ0n) is 16.4. The van der Waals surface area contributed by atoms with E-state index in [1.54, 1.807) is 6.07 Å². The van der Waals surface area contributed by atoms with E-state index >= 15 is 0 Å². The zero-order chi connectivity index (χ0) is 22.3. The summed E-state index contributed by atoms with van der Waals surface area (Å²) in [6.07, 6.45) is -4.64. The molecule has 2 aliphatic heterocycles. The van der Waals surface area contributed by atoms with Crippen molar-refractivity contribution < 1.29 is 49.6 Å². The predicted octanol–water partition coefficient (Wildman–Crippen LogP) is 0.742. The maximum absolute atomic E-state index is 10.2. The normalized spacial score (nSPS) is 27.2. The lowest BCUT2D eigenvalue weighted by Gasteiger charge is -2.30. The lowest BCUT2D eigenvalue weighted by Crippen LogP contribution is -2.35. The van der Waals surface area contributed by atoms with Gasteiger partial charge in [0.05, 0.1) is 19.3 Å². The number of methoxy groups -OCH3 is 1. The maximum Gasteiger partial charge on any atom is 0.228 e. The Kier molecular flexibility index (Phi) is 5.54. The molecular weight excluding hydrogens is 412 g/mol. The molecule has 0 aliphatic carbocycles. The molecule has 0 aromatic heterocycles. The van der Waals surface area contributed by atoms with Crippen molar-refractivity contribution in [3.8, 4) is 28.7 Å². The van der Waals surface area contributed by atoms with Crippen LogP contribution >= 0.6 is 0 Å². The summed E-state index contributed by atoms with van der Waals surface area (Å²) in [6.45, 7) is -0.519. The molecule has 4 rings (SSSR count). The van der Waals surface area contributed by atoms with E-state index in [0.29, 0.717) is 5.56 Å². The second-order valence-electron chi connectivity index (χ2n) is 7.18. The van der Waals surface area contributed by atoms with Gasteiger partial charge in [0.1, 0.15) is 41.3 Å². The minimum absolute atomic E-state index is 0.0901. The van der Waals surface area contributed by atoms with E-state index in [2.05, 4.69) is 0 Å². The summed E-state index contributed by atoms with van der Waals surface area (Å²) in [6, 6.07) is 6.93. The highest BCUT2D eigenvalue weighted by Gasteiger charge is 2.45. The first-order valence-corrected chi connectivity index (χ1v) is 9.42. The van der Waals surface area contributed by atoms with Crippen LogP contribution in [0.2, 0.25) is 0 Å². The molecule has 31 heavy (non-hydrogen) atoms. The van der Waals surface area contributed by atoms with Crippen molar-refractivity contribution in [2.24, 2.45) is 0 Å². The quantitative estimate of drug-likeness (QED) is 0.396. The Morgan fingerprint density at radius 2 is 1.77 bits per heavy atom. The monoisotopic (exact) mass is 434 g/mol. The van der Waals surface area contributed by atoms with E-state index in [1.165, 1.54) is 31.4 Å². The second-order valence-corrected chi connectivity index (χ2v) is 7.18. The van der Waals surface area contributed by atoms with Crippen LogP contribution < -0.4 is 9.47 Å². The van der Waals surface area contributed by atoms with Crippen LogP contribution in [0.1, 0.15) is 17.2 Å². The van der Waals surface area contributed by atoms with Gasteiger partial charge in [0.2, 0.25) is 6.29 Å². The lowest BCUT2D eigenvalue weighted by molar-refractivity contribution is -0.154. The Hall–Kier alpha value is -3.18. The molecule has 10 nitrogen and oxygen atoms in total. The molecule has 2 heterocycles. The molecule has 6 N–H and O–H groups in total. The van der Waals surface area contributed by atoms with Crippen molar-refractivity contribution in [3.63, 3.8) is 0 Å². The molecule has 5 unspecified atom stereocenters. The van der Waals surface area contributed by atoms with E-state index in [9.17, 15) is 30.6 Å². The average Bonchev–Trinajstić information content (AvgIpc) is 3.02. The molecule has 2 aromatic rings. The summed E-state index contributed by atoms with van der Waals surface area (Å²) >= 11 is 0. The number of phenolic OH excluding ortho intramolecular Hbond substituents is 3. The topological polar surface area (TPSA) is 158 Å². The Morgan fingerprint density at radius 3 is 2.45 bits per heavy atom. The summed E-state index contributed by atoms with van der Waals surface area (Å²) in [5.74, 6) is -0.108. The number of phenols is 3. The first kappa shape index (κ1) is 21.1. The third-order valence-corrected chi connectivity index (χ3v) is 5.15. The number of ether oxygens (including phenoxy) is 4. The van der Waals surface area contributed by atoms with Crippen LogP contribution in [-0.2, 0) is 9.47 Å². The van der Waals surface area contributed by atoms with Gasteiger partial charge in [-0.05, 0) is 18.2 Å². The van der Waals surface area contributed by atoms with E-state index < -0.39 is 37.3 Å². The molecular formula is C21H22O10. The average molecular weight is 434 g/mol. The van der Waals surface area contributed by atoms with Crippen LogP contribution in [0.3, 0.4) is 0 Å². The van der Waals surface area contributed by atoms with Gasteiger partial charge in [0, 0.05) is 17.7 Å². The fourth-order valence-electron chi connectivity index (χ4n) is 3.53. The molecule has 5 atom stereocenters. The summed E-state index contributed by atoms with van der Waals surface area (Å²) in [4.78, 5) is 0. The maximum atomic E-state index is 10.2. The van der Waals surface area contributed by atoms with Crippen molar-refractivity contribution in [1.29, 1.82) is 0 Å². The molecule has 1 fully saturated rings. The molecule has 166 valence electrons. The number of fused-ring (bicyclic) bond motifs is 1. The highest BCUT2D eigenvalue weighted by molar-refractivity contribution is 5.69. The molecule has 0 bridgehead atoms.